The maximum Gasteiger partial charge on any atom is 0.326 e. The van der Waals surface area contributed by atoms with E-state index < -0.39 is 27.9 Å². The van der Waals surface area contributed by atoms with Gasteiger partial charge in [0.2, 0.25) is 0 Å². The van der Waals surface area contributed by atoms with Crippen molar-refractivity contribution in [1.29, 1.82) is 0 Å². The molecule has 1 aromatic heterocycles. The molecule has 3 aromatic rings. The third kappa shape index (κ3) is 6.76. The first-order valence-corrected chi connectivity index (χ1v) is 12.2. The van der Waals surface area contributed by atoms with E-state index in [1.807, 2.05) is 0 Å². The predicted octanol–water partition coefficient (Wildman–Crippen LogP) is 1.57. The number of guanidine groups is 1. The average molecular weight is 515 g/mol. The summed E-state index contributed by atoms with van der Waals surface area (Å²) < 4.78 is 33.8. The molecule has 0 saturated heterocycles. The number of anilines is 2. The maximum atomic E-state index is 12.8. The molecule has 0 aliphatic rings. The van der Waals surface area contributed by atoms with Crippen molar-refractivity contribution in [1.82, 2.24) is 5.32 Å². The van der Waals surface area contributed by atoms with Gasteiger partial charge in [0, 0.05) is 17.8 Å². The monoisotopic (exact) mass is 514 g/mol. The van der Waals surface area contributed by atoms with Gasteiger partial charge >= 0.3 is 5.97 Å². The number of nitrogens with one attached hydrogen (secondary N) is 2. The number of benzene rings is 2. The molecule has 36 heavy (non-hydrogen) atoms. The van der Waals surface area contributed by atoms with E-state index in [0.29, 0.717) is 17.7 Å². The average Bonchev–Trinajstić information content (AvgIpc) is 3.31. The normalized spacial score (nSPS) is 11.9. The fraction of sp³-hybridized carbons (Fsp3) is 0.174. The molecule has 1 atom stereocenters. The number of aliphatic carboxylic acids is 1. The van der Waals surface area contributed by atoms with Crippen molar-refractivity contribution >= 4 is 39.2 Å². The van der Waals surface area contributed by atoms with Gasteiger partial charge in [-0.2, -0.15) is 0 Å². The van der Waals surface area contributed by atoms with E-state index in [4.69, 9.17) is 21.6 Å². The highest BCUT2D eigenvalue weighted by atomic mass is 32.2. The van der Waals surface area contributed by atoms with Crippen LogP contribution in [0.5, 0.6) is 0 Å². The zero-order valence-electron chi connectivity index (χ0n) is 19.0. The molecule has 13 heteroatoms. The molecule has 0 bridgehead atoms. The summed E-state index contributed by atoms with van der Waals surface area (Å²) in [5.74, 6) is -2.02. The van der Waals surface area contributed by atoms with E-state index in [9.17, 15) is 23.1 Å². The molecule has 0 spiro atoms. The van der Waals surface area contributed by atoms with Gasteiger partial charge < -0.3 is 32.0 Å². The Bertz CT molecular complexity index is 1380. The lowest BCUT2D eigenvalue weighted by Gasteiger charge is -2.13. The Morgan fingerprint density at radius 2 is 1.81 bits per heavy atom. The molecular weight excluding hydrogens is 488 g/mol. The van der Waals surface area contributed by atoms with Crippen molar-refractivity contribution in [3.8, 4) is 11.3 Å². The number of hydrogen-bond acceptors (Lipinski definition) is 7. The summed E-state index contributed by atoms with van der Waals surface area (Å²) in [6.45, 7) is 0.217. The van der Waals surface area contributed by atoms with Gasteiger partial charge in [-0.1, -0.05) is 18.2 Å². The highest BCUT2D eigenvalue weighted by molar-refractivity contribution is 7.92. The highest BCUT2D eigenvalue weighted by Crippen LogP contribution is 2.31. The largest absolute Gasteiger partial charge is 0.480 e. The minimum atomic E-state index is -3.96. The Morgan fingerprint density at radius 1 is 1.06 bits per heavy atom. The second-order valence-corrected chi connectivity index (χ2v) is 9.38. The summed E-state index contributed by atoms with van der Waals surface area (Å²) in [6.07, 6.45) is 0.430. The number of aliphatic imine (C=N–C) groups is 1. The molecule has 0 saturated carbocycles. The molecule has 0 aliphatic heterocycles. The van der Waals surface area contributed by atoms with Crippen LogP contribution < -0.4 is 27.2 Å². The lowest BCUT2D eigenvalue weighted by atomic mass is 10.1. The fourth-order valence-corrected chi connectivity index (χ4v) is 4.40. The first-order chi connectivity index (χ1) is 17.1. The molecule has 0 unspecified atom stereocenters. The Kier molecular flexibility index (Phi) is 8.17. The number of nitrogens with two attached hydrogens (primary N) is 3. The van der Waals surface area contributed by atoms with Gasteiger partial charge in [-0.15, -0.1) is 0 Å². The molecule has 0 aliphatic carbocycles. The number of carboxylic acids is 1. The fourth-order valence-electron chi connectivity index (χ4n) is 3.27. The first kappa shape index (κ1) is 26.1. The van der Waals surface area contributed by atoms with E-state index in [2.05, 4.69) is 15.0 Å². The van der Waals surface area contributed by atoms with E-state index in [1.54, 1.807) is 30.3 Å². The van der Waals surface area contributed by atoms with Crippen molar-refractivity contribution in [3.63, 3.8) is 0 Å². The zero-order chi connectivity index (χ0) is 26.3. The number of carbonyl (C=O) groups excluding carboxylic acids is 1. The number of hydrogen-bond donors (Lipinski definition) is 6. The molecule has 3 rings (SSSR count). The molecule has 0 fully saturated rings. The van der Waals surface area contributed by atoms with Crippen molar-refractivity contribution < 1.29 is 27.5 Å². The lowest BCUT2D eigenvalue weighted by molar-refractivity contribution is -0.139. The molecule has 12 nitrogen and oxygen atoms in total. The van der Waals surface area contributed by atoms with E-state index >= 15 is 0 Å². The van der Waals surface area contributed by atoms with E-state index in [0.717, 1.165) is 0 Å². The standard InChI is InChI=1S/C23H26N6O6S/c24-14-5-3-6-15(13-14)36(33,34)29-17-8-2-1-7-16(17)19-10-11-20(35-19)21(30)28-18(22(31)32)9-4-12-27-23(25)26/h1-3,5-8,10-11,13,18,29H,4,9,12,24H2,(H,28,30)(H,31,32)(H4,25,26,27)/t18-/m0/s1. The van der Waals surface area contributed by atoms with Crippen LogP contribution in [-0.4, -0.2) is 43.9 Å². The number of sulfonamides is 1. The van der Waals surface area contributed by atoms with Crippen LogP contribution in [0.3, 0.4) is 0 Å². The van der Waals surface area contributed by atoms with Crippen LogP contribution in [0.2, 0.25) is 0 Å². The van der Waals surface area contributed by atoms with Crippen LogP contribution in [0.4, 0.5) is 11.4 Å². The molecular formula is C23H26N6O6S. The third-order valence-electron chi connectivity index (χ3n) is 4.98. The molecule has 1 heterocycles. The van der Waals surface area contributed by atoms with Crippen LogP contribution in [0.1, 0.15) is 23.4 Å². The summed E-state index contributed by atoms with van der Waals surface area (Å²) >= 11 is 0. The van der Waals surface area contributed by atoms with Gasteiger partial charge in [-0.25, -0.2) is 13.2 Å². The summed E-state index contributed by atoms with van der Waals surface area (Å²) in [4.78, 5) is 27.9. The number of rotatable bonds is 11. The van der Waals surface area contributed by atoms with Crippen molar-refractivity contribution in [2.45, 2.75) is 23.8 Å². The SMILES string of the molecule is NC(N)=NCCC[C@H](NC(=O)c1ccc(-c2ccccc2NS(=O)(=O)c2cccc(N)c2)o1)C(=O)O. The second kappa shape index (κ2) is 11.3. The molecule has 2 aromatic carbocycles. The number of nitrogen functional groups attached to an aromatic ring is 1. The molecule has 0 radical (unpaired) electrons. The zero-order valence-corrected chi connectivity index (χ0v) is 19.9. The van der Waals surface area contributed by atoms with Crippen molar-refractivity contribution in [2.75, 3.05) is 17.0 Å². The Morgan fingerprint density at radius 3 is 2.50 bits per heavy atom. The topological polar surface area (TPSA) is 216 Å². The Labute approximate surface area is 207 Å². The van der Waals surface area contributed by atoms with Crippen LogP contribution in [0.25, 0.3) is 11.3 Å². The van der Waals surface area contributed by atoms with Gasteiger partial charge in [-0.05, 0) is 55.3 Å². The van der Waals surface area contributed by atoms with Gasteiger partial charge in [0.15, 0.2) is 11.7 Å². The summed E-state index contributed by atoms with van der Waals surface area (Å²) in [5.41, 5.74) is 17.1. The molecule has 9 N–H and O–H groups in total. The summed E-state index contributed by atoms with van der Waals surface area (Å²) in [5, 5.41) is 11.8. The minimum absolute atomic E-state index is 0.0173. The van der Waals surface area contributed by atoms with Crippen LogP contribution in [0.15, 0.2) is 75.0 Å². The summed E-state index contributed by atoms with van der Waals surface area (Å²) in [6, 6.07) is 14.0. The quantitative estimate of drug-likeness (QED) is 0.0945. The number of furan rings is 1. The first-order valence-electron chi connectivity index (χ1n) is 10.7. The lowest BCUT2D eigenvalue weighted by Crippen LogP contribution is -2.40. The number of carbonyl (C=O) groups is 2. The van der Waals surface area contributed by atoms with Crippen LogP contribution >= 0.6 is 0 Å². The van der Waals surface area contributed by atoms with Gasteiger partial charge in [0.05, 0.1) is 10.6 Å². The number of carboxylic acid groups (broad SMARTS) is 1. The van der Waals surface area contributed by atoms with E-state index in [-0.39, 0.29) is 41.0 Å². The number of nitrogens with zero attached hydrogens (tertiary/aromatic N) is 1. The number of amides is 1. The summed E-state index contributed by atoms with van der Waals surface area (Å²) in [7, 11) is -3.96. The Hall–Kier alpha value is -4.52. The van der Waals surface area contributed by atoms with Crippen LogP contribution in [0, 0.1) is 0 Å². The minimum Gasteiger partial charge on any atom is -0.480 e. The van der Waals surface area contributed by atoms with Gasteiger partial charge in [-0.3, -0.25) is 14.5 Å². The third-order valence-corrected chi connectivity index (χ3v) is 6.35. The second-order valence-electron chi connectivity index (χ2n) is 7.70. The van der Waals surface area contributed by atoms with Gasteiger partial charge in [0.1, 0.15) is 11.8 Å². The predicted molar refractivity (Wildman–Crippen MR) is 135 cm³/mol. The van der Waals surface area contributed by atoms with Crippen LogP contribution in [-0.2, 0) is 14.8 Å². The van der Waals surface area contributed by atoms with Gasteiger partial charge in [0.25, 0.3) is 15.9 Å². The number of para-hydroxylation sites is 1. The molecule has 1 amide bonds. The highest BCUT2D eigenvalue weighted by Gasteiger charge is 2.23. The van der Waals surface area contributed by atoms with Crippen molar-refractivity contribution in [2.24, 2.45) is 16.5 Å². The van der Waals surface area contributed by atoms with Crippen molar-refractivity contribution in [3.05, 3.63) is 66.4 Å². The smallest absolute Gasteiger partial charge is 0.326 e. The Balaban J connectivity index is 1.77. The maximum absolute atomic E-state index is 12.8. The molecule has 190 valence electrons. The van der Waals surface area contributed by atoms with E-state index in [1.165, 1.54) is 30.3 Å².